The van der Waals surface area contributed by atoms with Crippen molar-refractivity contribution in [3.8, 4) is 0 Å². The average molecular weight is 261 g/mol. The molecule has 0 aliphatic heterocycles. The molecule has 0 radical (unpaired) electrons. The van der Waals surface area contributed by atoms with Gasteiger partial charge in [0, 0.05) is 10.9 Å². The fourth-order valence-corrected chi connectivity index (χ4v) is 2.52. The van der Waals surface area contributed by atoms with Gasteiger partial charge in [-0.1, -0.05) is 37.6 Å². The Balaban J connectivity index is 0.00000128. The third kappa shape index (κ3) is 2.04. The van der Waals surface area contributed by atoms with Crippen molar-refractivity contribution in [3.05, 3.63) is 34.9 Å². The number of hydrogen-bond acceptors (Lipinski definition) is 1. The molecule has 0 aromatic heterocycles. The predicted molar refractivity (Wildman–Crippen MR) is 66.3 cm³/mol. The van der Waals surface area contributed by atoms with Gasteiger partial charge in [-0.25, -0.2) is 0 Å². The molecule has 4 heteroatoms. The van der Waals surface area contributed by atoms with Gasteiger partial charge in [0.2, 0.25) is 0 Å². The lowest BCUT2D eigenvalue weighted by Gasteiger charge is -2.02. The Morgan fingerprint density at radius 2 is 1.81 bits per heavy atom. The van der Waals surface area contributed by atoms with Gasteiger partial charge >= 0.3 is 5.97 Å². The minimum atomic E-state index is -0.708. The van der Waals surface area contributed by atoms with Gasteiger partial charge in [-0.05, 0) is 23.1 Å². The molecule has 0 bridgehead atoms. The van der Waals surface area contributed by atoms with Crippen LogP contribution in [0.3, 0.4) is 0 Å². The highest BCUT2D eigenvalue weighted by Crippen LogP contribution is 2.64. The lowest BCUT2D eigenvalue weighted by atomic mass is 10.0. The number of rotatable bonds is 2. The van der Waals surface area contributed by atoms with E-state index in [1.54, 1.807) is 0 Å². The minimum absolute atomic E-state index is 0. The molecule has 0 saturated heterocycles. The topological polar surface area (TPSA) is 37.3 Å². The highest BCUT2D eigenvalue weighted by Gasteiger charge is 2.62. The van der Waals surface area contributed by atoms with Gasteiger partial charge < -0.3 is 5.11 Å². The minimum Gasteiger partial charge on any atom is -0.481 e. The monoisotopic (exact) mass is 260 g/mol. The van der Waals surface area contributed by atoms with E-state index in [-0.39, 0.29) is 29.7 Å². The number of carboxylic acid groups (broad SMARTS) is 1. The molecule has 2 unspecified atom stereocenters. The Labute approximate surface area is 106 Å². The molecule has 2 atom stereocenters. The first kappa shape index (κ1) is 13.3. The molecular weight excluding hydrogens is 247 g/mol. The van der Waals surface area contributed by atoms with Crippen LogP contribution in [0.5, 0.6) is 0 Å². The second-order valence-corrected chi connectivity index (χ2v) is 5.10. The van der Waals surface area contributed by atoms with E-state index in [1.807, 2.05) is 38.1 Å². The molecule has 2 rings (SSSR count). The number of benzene rings is 1. The number of halogens is 2. The maximum Gasteiger partial charge on any atom is 0.307 e. The van der Waals surface area contributed by atoms with Gasteiger partial charge in [-0.15, -0.1) is 12.4 Å². The molecule has 2 nitrogen and oxygen atoms in total. The van der Waals surface area contributed by atoms with E-state index < -0.39 is 5.97 Å². The van der Waals surface area contributed by atoms with E-state index in [2.05, 4.69) is 0 Å². The van der Waals surface area contributed by atoms with Crippen LogP contribution in [0.2, 0.25) is 5.02 Å². The van der Waals surface area contributed by atoms with Gasteiger partial charge in [-0.2, -0.15) is 0 Å². The van der Waals surface area contributed by atoms with E-state index in [1.165, 1.54) is 0 Å². The van der Waals surface area contributed by atoms with E-state index in [9.17, 15) is 4.79 Å². The van der Waals surface area contributed by atoms with Crippen molar-refractivity contribution in [1.29, 1.82) is 0 Å². The summed E-state index contributed by atoms with van der Waals surface area (Å²) in [7, 11) is 0. The molecule has 16 heavy (non-hydrogen) atoms. The number of carboxylic acids is 1. The molecule has 0 amide bonds. The highest BCUT2D eigenvalue weighted by atomic mass is 35.5. The fourth-order valence-electron chi connectivity index (χ4n) is 2.39. The zero-order valence-electron chi connectivity index (χ0n) is 9.11. The Morgan fingerprint density at radius 3 is 2.19 bits per heavy atom. The van der Waals surface area contributed by atoms with Crippen LogP contribution in [0.4, 0.5) is 0 Å². The van der Waals surface area contributed by atoms with Crippen LogP contribution in [-0.4, -0.2) is 11.1 Å². The van der Waals surface area contributed by atoms with Crippen molar-refractivity contribution in [2.75, 3.05) is 0 Å². The van der Waals surface area contributed by atoms with Crippen molar-refractivity contribution in [2.24, 2.45) is 11.3 Å². The van der Waals surface area contributed by atoms with E-state index >= 15 is 0 Å². The van der Waals surface area contributed by atoms with Gasteiger partial charge in [0.25, 0.3) is 0 Å². The Hall–Kier alpha value is -0.730. The van der Waals surface area contributed by atoms with Crippen molar-refractivity contribution < 1.29 is 9.90 Å². The summed E-state index contributed by atoms with van der Waals surface area (Å²) in [5, 5.41) is 9.73. The van der Waals surface area contributed by atoms with Crippen LogP contribution in [0, 0.1) is 11.3 Å². The third-order valence-electron chi connectivity index (χ3n) is 3.32. The smallest absolute Gasteiger partial charge is 0.307 e. The summed E-state index contributed by atoms with van der Waals surface area (Å²) in [5.41, 5.74) is 0.927. The van der Waals surface area contributed by atoms with Crippen LogP contribution < -0.4 is 0 Å². The van der Waals surface area contributed by atoms with E-state index in [4.69, 9.17) is 16.7 Å². The predicted octanol–water partition coefficient (Wildman–Crippen LogP) is 3.59. The molecule has 1 aliphatic rings. The molecule has 1 aliphatic carbocycles. The lowest BCUT2D eigenvalue weighted by Crippen LogP contribution is -2.03. The number of carbonyl (C=O) groups is 1. The van der Waals surface area contributed by atoms with Crippen molar-refractivity contribution in [2.45, 2.75) is 19.8 Å². The van der Waals surface area contributed by atoms with E-state index in [0.717, 1.165) is 5.56 Å². The highest BCUT2D eigenvalue weighted by molar-refractivity contribution is 6.30. The largest absolute Gasteiger partial charge is 0.481 e. The molecule has 1 aromatic carbocycles. The Kier molecular flexibility index (Phi) is 3.56. The Bertz CT molecular complexity index is 398. The second-order valence-electron chi connectivity index (χ2n) is 4.67. The summed E-state index contributed by atoms with van der Waals surface area (Å²) in [6, 6.07) is 7.45. The maximum atomic E-state index is 11.0. The molecule has 1 saturated carbocycles. The fraction of sp³-hybridized carbons (Fsp3) is 0.417. The first-order chi connectivity index (χ1) is 6.94. The van der Waals surface area contributed by atoms with Crippen LogP contribution in [-0.2, 0) is 4.79 Å². The molecule has 1 fully saturated rings. The maximum absolute atomic E-state index is 11.0. The van der Waals surface area contributed by atoms with Crippen molar-refractivity contribution in [1.82, 2.24) is 0 Å². The van der Waals surface area contributed by atoms with Gasteiger partial charge in [0.1, 0.15) is 0 Å². The zero-order chi connectivity index (χ0) is 11.2. The first-order valence-electron chi connectivity index (χ1n) is 4.93. The van der Waals surface area contributed by atoms with Crippen LogP contribution in [0.25, 0.3) is 0 Å². The second kappa shape index (κ2) is 4.27. The normalized spacial score (nSPS) is 25.7. The Morgan fingerprint density at radius 1 is 1.31 bits per heavy atom. The van der Waals surface area contributed by atoms with E-state index in [0.29, 0.717) is 5.02 Å². The molecule has 0 heterocycles. The quantitative estimate of drug-likeness (QED) is 0.883. The van der Waals surface area contributed by atoms with Crippen molar-refractivity contribution in [3.63, 3.8) is 0 Å². The standard InChI is InChI=1S/C12H13ClO2.ClH/c1-12(2)9(10(12)11(14)15)7-3-5-8(13)6-4-7;/h3-6,9-10H,1-2H3,(H,14,15);1H. The lowest BCUT2D eigenvalue weighted by molar-refractivity contribution is -0.139. The summed E-state index contributed by atoms with van der Waals surface area (Å²) in [4.78, 5) is 11.0. The van der Waals surface area contributed by atoms with Gasteiger partial charge in [0.15, 0.2) is 0 Å². The van der Waals surface area contributed by atoms with Gasteiger partial charge in [-0.3, -0.25) is 4.79 Å². The molecular formula is C12H14Cl2O2. The third-order valence-corrected chi connectivity index (χ3v) is 3.57. The average Bonchev–Trinajstić information content (AvgIpc) is 2.70. The van der Waals surface area contributed by atoms with Crippen LogP contribution in [0.15, 0.2) is 24.3 Å². The van der Waals surface area contributed by atoms with Gasteiger partial charge in [0.05, 0.1) is 5.92 Å². The number of aliphatic carboxylic acids is 1. The summed E-state index contributed by atoms with van der Waals surface area (Å²) >= 11 is 5.79. The summed E-state index contributed by atoms with van der Waals surface area (Å²) in [5.74, 6) is -0.856. The SMILES string of the molecule is CC1(C)C(C(=O)O)C1c1ccc(Cl)cc1.Cl. The summed E-state index contributed by atoms with van der Waals surface area (Å²) in [6.07, 6.45) is 0. The molecule has 1 aromatic rings. The van der Waals surface area contributed by atoms with Crippen molar-refractivity contribution >= 4 is 30.0 Å². The first-order valence-corrected chi connectivity index (χ1v) is 5.30. The zero-order valence-corrected chi connectivity index (χ0v) is 10.7. The molecule has 0 spiro atoms. The number of hydrogen-bond donors (Lipinski definition) is 1. The summed E-state index contributed by atoms with van der Waals surface area (Å²) in [6.45, 7) is 3.98. The molecule has 88 valence electrons. The van der Waals surface area contributed by atoms with Crippen LogP contribution >= 0.6 is 24.0 Å². The summed E-state index contributed by atoms with van der Waals surface area (Å²) < 4.78 is 0. The van der Waals surface area contributed by atoms with Crippen LogP contribution in [0.1, 0.15) is 25.3 Å². The molecule has 1 N–H and O–H groups in total.